The summed E-state index contributed by atoms with van der Waals surface area (Å²) in [4.78, 5) is 35.6. The smallest absolute Gasteiger partial charge is 0.324 e. The second-order valence-corrected chi connectivity index (χ2v) is 6.96. The van der Waals surface area contributed by atoms with Crippen LogP contribution in [0.25, 0.3) is 0 Å². The fourth-order valence-corrected chi connectivity index (χ4v) is 2.72. The van der Waals surface area contributed by atoms with Gasteiger partial charge in [-0.3, -0.25) is 14.4 Å². The molecule has 0 aliphatic rings. The lowest BCUT2D eigenvalue weighted by Gasteiger charge is -2.26. The van der Waals surface area contributed by atoms with Crippen LogP contribution in [0.1, 0.15) is 88.0 Å². The highest BCUT2D eigenvalue weighted by Crippen LogP contribution is 2.31. The molecule has 0 spiro atoms. The van der Waals surface area contributed by atoms with Crippen LogP contribution in [0.4, 0.5) is 0 Å². The summed E-state index contributed by atoms with van der Waals surface area (Å²) in [5.74, 6) is 3.27. The Morgan fingerprint density at radius 2 is 1.26 bits per heavy atom. The zero-order valence-corrected chi connectivity index (χ0v) is 20.9. The van der Waals surface area contributed by atoms with Crippen LogP contribution in [0, 0.1) is 36.0 Å². The van der Waals surface area contributed by atoms with E-state index in [2.05, 4.69) is 18.8 Å². The summed E-state index contributed by atoms with van der Waals surface area (Å²) in [5.41, 5.74) is -1.42. The Bertz CT molecular complexity index is 688. The minimum atomic E-state index is -1.42. The molecule has 0 aromatic carbocycles. The Labute approximate surface area is 214 Å². The maximum absolute atomic E-state index is 12.1. The van der Waals surface area contributed by atoms with Crippen LogP contribution in [0.5, 0.6) is 0 Å². The summed E-state index contributed by atoms with van der Waals surface area (Å²) < 4.78 is 14.9. The van der Waals surface area contributed by atoms with Crippen molar-refractivity contribution >= 4 is 17.9 Å². The van der Waals surface area contributed by atoms with Gasteiger partial charge in [-0.15, -0.1) is 24.7 Å². The fourth-order valence-electron chi connectivity index (χ4n) is 2.72. The molecule has 0 bridgehead atoms. The number of esters is 3. The SMILES string of the molecule is C.C.C#CCC(C/C=C\CC)(C(=O)OCC)C(=O)OCC.C#CCC(C/C=C\CC)C(=O)OCC. The van der Waals surface area contributed by atoms with Crippen LogP contribution >= 0.6 is 0 Å². The highest BCUT2D eigenvalue weighted by atomic mass is 16.6. The molecule has 0 aromatic heterocycles. The molecule has 0 amide bonds. The largest absolute Gasteiger partial charge is 0.466 e. The van der Waals surface area contributed by atoms with Crippen molar-refractivity contribution in [2.75, 3.05) is 19.8 Å². The summed E-state index contributed by atoms with van der Waals surface area (Å²) in [5, 5.41) is 0. The number of carbonyl (C=O) groups is 3. The molecule has 6 nitrogen and oxygen atoms in total. The summed E-state index contributed by atoms with van der Waals surface area (Å²) in [7, 11) is 0. The molecular formula is C29H48O6. The Morgan fingerprint density at radius 1 is 0.771 bits per heavy atom. The van der Waals surface area contributed by atoms with Crippen molar-refractivity contribution in [1.29, 1.82) is 0 Å². The molecule has 0 N–H and O–H groups in total. The van der Waals surface area contributed by atoms with Crippen LogP contribution < -0.4 is 0 Å². The second-order valence-electron chi connectivity index (χ2n) is 6.96. The lowest BCUT2D eigenvalue weighted by Crippen LogP contribution is -2.41. The summed E-state index contributed by atoms with van der Waals surface area (Å²) in [6.45, 7) is 10.00. The predicted molar refractivity (Wildman–Crippen MR) is 144 cm³/mol. The highest BCUT2D eigenvalue weighted by Gasteiger charge is 2.47. The number of rotatable bonds is 14. The molecule has 0 aliphatic carbocycles. The Hall–Kier alpha value is -2.99. The van der Waals surface area contributed by atoms with E-state index in [1.54, 1.807) is 26.8 Å². The minimum absolute atomic E-state index is 0. The monoisotopic (exact) mass is 492 g/mol. The quantitative estimate of drug-likeness (QED) is 0.0931. The van der Waals surface area contributed by atoms with Gasteiger partial charge in [-0.25, -0.2) is 0 Å². The van der Waals surface area contributed by atoms with Gasteiger partial charge in [0.15, 0.2) is 5.41 Å². The number of terminal acetylenes is 2. The molecule has 1 unspecified atom stereocenters. The number of carbonyl (C=O) groups excluding carboxylic acids is 3. The first-order valence-electron chi connectivity index (χ1n) is 11.5. The molecular weight excluding hydrogens is 444 g/mol. The number of hydrogen-bond acceptors (Lipinski definition) is 6. The van der Waals surface area contributed by atoms with Crippen LogP contribution in [-0.4, -0.2) is 37.7 Å². The minimum Gasteiger partial charge on any atom is -0.466 e. The van der Waals surface area contributed by atoms with E-state index in [0.717, 1.165) is 12.8 Å². The van der Waals surface area contributed by atoms with Crippen LogP contribution in [0.2, 0.25) is 0 Å². The molecule has 35 heavy (non-hydrogen) atoms. The molecule has 200 valence electrons. The van der Waals surface area contributed by atoms with Crippen molar-refractivity contribution < 1.29 is 28.6 Å². The first-order chi connectivity index (χ1) is 15.8. The molecule has 0 heterocycles. The van der Waals surface area contributed by atoms with Gasteiger partial charge in [0.25, 0.3) is 0 Å². The van der Waals surface area contributed by atoms with E-state index in [1.807, 2.05) is 25.2 Å². The van der Waals surface area contributed by atoms with Crippen molar-refractivity contribution in [1.82, 2.24) is 0 Å². The summed E-state index contributed by atoms with van der Waals surface area (Å²) in [6.07, 6.45) is 21.2. The fraction of sp³-hybridized carbons (Fsp3) is 0.621. The van der Waals surface area contributed by atoms with Crippen LogP contribution in [-0.2, 0) is 28.6 Å². The van der Waals surface area contributed by atoms with Crippen molar-refractivity contribution in [3.63, 3.8) is 0 Å². The first kappa shape index (κ1) is 39.2. The van der Waals surface area contributed by atoms with E-state index in [-0.39, 0.29) is 52.8 Å². The van der Waals surface area contributed by atoms with Gasteiger partial charge in [0.2, 0.25) is 0 Å². The Morgan fingerprint density at radius 3 is 1.66 bits per heavy atom. The summed E-state index contributed by atoms with van der Waals surface area (Å²) in [6, 6.07) is 0. The van der Waals surface area contributed by atoms with Crippen LogP contribution in [0.3, 0.4) is 0 Å². The zero-order chi connectivity index (χ0) is 25.5. The van der Waals surface area contributed by atoms with Crippen molar-refractivity contribution in [3.05, 3.63) is 24.3 Å². The van der Waals surface area contributed by atoms with Crippen molar-refractivity contribution in [3.8, 4) is 24.7 Å². The van der Waals surface area contributed by atoms with Gasteiger partial charge < -0.3 is 14.2 Å². The van der Waals surface area contributed by atoms with Gasteiger partial charge in [-0.2, -0.15) is 0 Å². The lowest BCUT2D eigenvalue weighted by molar-refractivity contribution is -0.171. The number of allylic oxidation sites excluding steroid dienone is 4. The maximum atomic E-state index is 12.1. The van der Waals surface area contributed by atoms with Gasteiger partial charge in [0.1, 0.15) is 0 Å². The normalized spacial score (nSPS) is 10.9. The maximum Gasteiger partial charge on any atom is 0.324 e. The van der Waals surface area contributed by atoms with Gasteiger partial charge in [0, 0.05) is 12.8 Å². The molecule has 0 saturated carbocycles. The highest BCUT2D eigenvalue weighted by molar-refractivity contribution is 6.00. The standard InChI is InChI=1S/C15H22O4.C12H18O2.2CH4/c1-5-9-10-12-15(11-6-2,13(16)18-7-3)14(17)19-8-4;1-4-7-8-10-11(9-5-2)12(13)14-6-3;;/h2,9-10H,5,7-8,11-12H2,1,3-4H3;2,7-8,11H,4,6,9-10H2,1,3H3;2*1H4/b10-9-;8-7-;;. The molecule has 1 atom stereocenters. The van der Waals surface area contributed by atoms with Gasteiger partial charge in [-0.05, 0) is 46.5 Å². The van der Waals surface area contributed by atoms with Crippen molar-refractivity contribution in [2.45, 2.75) is 88.0 Å². The topological polar surface area (TPSA) is 78.9 Å². The van der Waals surface area contributed by atoms with E-state index >= 15 is 0 Å². The molecule has 0 aliphatic heterocycles. The average molecular weight is 493 g/mol. The lowest BCUT2D eigenvalue weighted by atomic mass is 9.81. The molecule has 0 saturated heterocycles. The zero-order valence-electron chi connectivity index (χ0n) is 20.9. The van der Waals surface area contributed by atoms with Gasteiger partial charge in [0.05, 0.1) is 25.7 Å². The molecule has 6 heteroatoms. The van der Waals surface area contributed by atoms with Gasteiger partial charge >= 0.3 is 17.9 Å². The van der Waals surface area contributed by atoms with E-state index in [1.165, 1.54) is 0 Å². The molecule has 0 aromatic rings. The van der Waals surface area contributed by atoms with E-state index < -0.39 is 17.4 Å². The van der Waals surface area contributed by atoms with E-state index in [9.17, 15) is 14.4 Å². The third-order valence-electron chi connectivity index (χ3n) is 4.41. The second kappa shape index (κ2) is 25.6. The van der Waals surface area contributed by atoms with Crippen LogP contribution in [0.15, 0.2) is 24.3 Å². The third-order valence-corrected chi connectivity index (χ3v) is 4.41. The molecule has 0 radical (unpaired) electrons. The molecule has 0 fully saturated rings. The number of hydrogen-bond donors (Lipinski definition) is 0. The predicted octanol–water partition coefficient (Wildman–Crippen LogP) is 6.30. The van der Waals surface area contributed by atoms with Gasteiger partial charge in [-0.1, -0.05) is 53.0 Å². The Balaban J connectivity index is -0.000000270. The van der Waals surface area contributed by atoms with E-state index in [4.69, 9.17) is 27.1 Å². The van der Waals surface area contributed by atoms with Crippen molar-refractivity contribution in [2.24, 2.45) is 11.3 Å². The number of ether oxygens (including phenoxy) is 3. The average Bonchev–Trinajstić information content (AvgIpc) is 2.79. The Kier molecular flexibility index (Phi) is 28.7. The summed E-state index contributed by atoms with van der Waals surface area (Å²) >= 11 is 0. The third kappa shape index (κ3) is 16.3. The van der Waals surface area contributed by atoms with E-state index in [0.29, 0.717) is 19.4 Å². The first-order valence-corrected chi connectivity index (χ1v) is 11.5. The molecule has 0 rings (SSSR count).